The molecule has 0 saturated carbocycles. The van der Waals surface area contributed by atoms with Gasteiger partial charge < -0.3 is 10.1 Å². The molecule has 3 amide bonds. The number of benzene rings is 1. The number of nitrogens with one attached hydrogen (secondary N) is 1. The van der Waals surface area contributed by atoms with E-state index in [1.54, 1.807) is 24.3 Å². The maximum atomic E-state index is 11.9. The number of ether oxygens (including phenoxy) is 1. The van der Waals surface area contributed by atoms with Crippen molar-refractivity contribution in [1.82, 2.24) is 10.2 Å². The Balaban J connectivity index is 1.86. The number of imide groups is 1. The topological polar surface area (TPSA) is 75.7 Å². The van der Waals surface area contributed by atoms with Crippen LogP contribution in [0.2, 0.25) is 0 Å². The summed E-state index contributed by atoms with van der Waals surface area (Å²) in [6.45, 7) is 0.425. The number of hydrogen-bond donors (Lipinski definition) is 1. The van der Waals surface area contributed by atoms with Crippen LogP contribution in [0.4, 0.5) is 4.79 Å². The number of amides is 3. The molecule has 1 fully saturated rings. The molecule has 1 saturated heterocycles. The van der Waals surface area contributed by atoms with Crippen LogP contribution in [0.1, 0.15) is 10.4 Å². The lowest BCUT2D eigenvalue weighted by Gasteiger charge is -2.13. The van der Waals surface area contributed by atoms with Crippen molar-refractivity contribution >= 4 is 28.8 Å². The third kappa shape index (κ3) is 3.30. The Labute approximate surface area is 120 Å². The van der Waals surface area contributed by atoms with Crippen LogP contribution in [0, 0.1) is 0 Å². The lowest BCUT2D eigenvalue weighted by atomic mass is 10.2. The van der Waals surface area contributed by atoms with Crippen molar-refractivity contribution in [1.29, 1.82) is 0 Å². The van der Waals surface area contributed by atoms with Crippen molar-refractivity contribution in [2.45, 2.75) is 0 Å². The van der Waals surface area contributed by atoms with Crippen LogP contribution < -0.4 is 10.1 Å². The number of carbonyl (C=O) groups is 3. The molecule has 0 unspecified atom stereocenters. The number of carbonyl (C=O) groups excluding carboxylic acids is 3. The number of methoxy groups -OCH3 is 1. The molecule has 1 aromatic rings. The van der Waals surface area contributed by atoms with E-state index in [9.17, 15) is 14.4 Å². The molecule has 1 N–H and O–H groups in total. The van der Waals surface area contributed by atoms with Crippen molar-refractivity contribution in [3.8, 4) is 5.75 Å². The molecule has 0 atom stereocenters. The van der Waals surface area contributed by atoms with E-state index in [1.165, 1.54) is 7.11 Å². The van der Waals surface area contributed by atoms with E-state index >= 15 is 0 Å². The minimum Gasteiger partial charge on any atom is -0.497 e. The molecule has 106 valence electrons. The van der Waals surface area contributed by atoms with Gasteiger partial charge in [0.15, 0.2) is 0 Å². The minimum atomic E-state index is -0.268. The molecular formula is C13H14N2O4S. The van der Waals surface area contributed by atoms with Gasteiger partial charge in [0.2, 0.25) is 5.91 Å². The Morgan fingerprint density at radius 2 is 2.25 bits per heavy atom. The fourth-order valence-corrected chi connectivity index (χ4v) is 2.50. The zero-order chi connectivity index (χ0) is 14.5. The first kappa shape index (κ1) is 14.4. The summed E-state index contributed by atoms with van der Waals surface area (Å²) in [4.78, 5) is 35.8. The number of thioether (sulfide) groups is 1. The summed E-state index contributed by atoms with van der Waals surface area (Å²) in [6.07, 6.45) is 0. The number of hydrogen-bond acceptors (Lipinski definition) is 5. The first-order valence-corrected chi connectivity index (χ1v) is 7.00. The molecule has 0 bridgehead atoms. The molecule has 1 aliphatic rings. The van der Waals surface area contributed by atoms with Gasteiger partial charge in [-0.1, -0.05) is 17.8 Å². The average molecular weight is 294 g/mol. The Bertz CT molecular complexity index is 531. The monoisotopic (exact) mass is 294 g/mol. The van der Waals surface area contributed by atoms with Gasteiger partial charge in [-0.3, -0.25) is 19.3 Å². The summed E-state index contributed by atoms with van der Waals surface area (Å²) >= 11 is 0.982. The SMILES string of the molecule is COc1cccc(C(=O)NCCN2C(=O)CSC2=O)c1. The molecule has 0 spiro atoms. The largest absolute Gasteiger partial charge is 0.497 e. The van der Waals surface area contributed by atoms with Crippen LogP contribution in [0.25, 0.3) is 0 Å². The van der Waals surface area contributed by atoms with Crippen molar-refractivity contribution < 1.29 is 19.1 Å². The Morgan fingerprint density at radius 1 is 1.45 bits per heavy atom. The zero-order valence-electron chi connectivity index (χ0n) is 10.9. The molecule has 1 aromatic carbocycles. The molecule has 1 aliphatic heterocycles. The van der Waals surface area contributed by atoms with Gasteiger partial charge in [-0.05, 0) is 18.2 Å². The first-order chi connectivity index (χ1) is 9.61. The third-order valence-electron chi connectivity index (χ3n) is 2.79. The Hall–Kier alpha value is -2.02. The van der Waals surface area contributed by atoms with Crippen molar-refractivity contribution in [3.63, 3.8) is 0 Å². The second-order valence-corrected chi connectivity index (χ2v) is 5.01. The van der Waals surface area contributed by atoms with E-state index in [2.05, 4.69) is 5.32 Å². The quantitative estimate of drug-likeness (QED) is 0.880. The van der Waals surface area contributed by atoms with Crippen molar-refractivity contribution in [2.24, 2.45) is 0 Å². The number of nitrogens with zero attached hydrogens (tertiary/aromatic N) is 1. The highest BCUT2D eigenvalue weighted by molar-refractivity contribution is 8.14. The van der Waals surface area contributed by atoms with E-state index in [1.807, 2.05) is 0 Å². The lowest BCUT2D eigenvalue weighted by Crippen LogP contribution is -2.37. The molecule has 20 heavy (non-hydrogen) atoms. The minimum absolute atomic E-state index is 0.183. The van der Waals surface area contributed by atoms with Gasteiger partial charge in [-0.25, -0.2) is 0 Å². The van der Waals surface area contributed by atoms with Gasteiger partial charge in [-0.15, -0.1) is 0 Å². The maximum absolute atomic E-state index is 11.9. The highest BCUT2D eigenvalue weighted by Gasteiger charge is 2.29. The zero-order valence-corrected chi connectivity index (χ0v) is 11.7. The number of rotatable bonds is 5. The molecule has 7 heteroatoms. The van der Waals surface area contributed by atoms with Crippen LogP contribution >= 0.6 is 11.8 Å². The molecule has 0 aliphatic carbocycles. The van der Waals surface area contributed by atoms with E-state index in [0.29, 0.717) is 11.3 Å². The second-order valence-electron chi connectivity index (χ2n) is 4.09. The van der Waals surface area contributed by atoms with E-state index < -0.39 is 0 Å². The second kappa shape index (κ2) is 6.42. The molecular weight excluding hydrogens is 280 g/mol. The van der Waals surface area contributed by atoms with Gasteiger partial charge in [0.25, 0.3) is 11.1 Å². The summed E-state index contributed by atoms with van der Waals surface area (Å²) in [5.74, 6) is 0.299. The lowest BCUT2D eigenvalue weighted by molar-refractivity contribution is -0.124. The summed E-state index contributed by atoms with van der Waals surface area (Å²) in [5.41, 5.74) is 0.470. The van der Waals surface area contributed by atoms with Crippen molar-refractivity contribution in [2.75, 3.05) is 26.0 Å². The summed E-state index contributed by atoms with van der Waals surface area (Å²) in [5, 5.41) is 2.41. The first-order valence-electron chi connectivity index (χ1n) is 6.01. The average Bonchev–Trinajstić information content (AvgIpc) is 2.79. The van der Waals surface area contributed by atoms with Crippen molar-refractivity contribution in [3.05, 3.63) is 29.8 Å². The molecule has 6 nitrogen and oxygen atoms in total. The summed E-state index contributed by atoms with van der Waals surface area (Å²) in [6, 6.07) is 6.75. The predicted octanol–water partition coefficient (Wildman–Crippen LogP) is 1.12. The van der Waals surface area contributed by atoms with Gasteiger partial charge in [0.1, 0.15) is 5.75 Å². The van der Waals surface area contributed by atoms with Crippen LogP contribution in [0.5, 0.6) is 5.75 Å². The highest BCUT2D eigenvalue weighted by Crippen LogP contribution is 2.17. The standard InChI is InChI=1S/C13H14N2O4S/c1-19-10-4-2-3-9(7-10)12(17)14-5-6-15-11(16)8-20-13(15)18/h2-4,7H,5-6,8H2,1H3,(H,14,17). The van der Waals surface area contributed by atoms with Crippen LogP contribution in [0.3, 0.4) is 0 Å². The molecule has 0 aromatic heterocycles. The fourth-order valence-electron chi connectivity index (χ4n) is 1.74. The normalized spacial score (nSPS) is 14.6. The van der Waals surface area contributed by atoms with E-state index in [4.69, 9.17) is 4.74 Å². The molecule has 0 radical (unpaired) electrons. The summed E-state index contributed by atoms with van der Waals surface area (Å²) < 4.78 is 5.04. The van der Waals surface area contributed by atoms with Crippen LogP contribution in [-0.2, 0) is 4.79 Å². The van der Waals surface area contributed by atoms with Gasteiger partial charge in [0.05, 0.1) is 12.9 Å². The van der Waals surface area contributed by atoms with Gasteiger partial charge in [0, 0.05) is 18.7 Å². The third-order valence-corrected chi connectivity index (χ3v) is 3.65. The van der Waals surface area contributed by atoms with Crippen LogP contribution in [0.15, 0.2) is 24.3 Å². The maximum Gasteiger partial charge on any atom is 0.288 e. The Kier molecular flexibility index (Phi) is 4.62. The van der Waals surface area contributed by atoms with Gasteiger partial charge in [-0.2, -0.15) is 0 Å². The highest BCUT2D eigenvalue weighted by atomic mass is 32.2. The summed E-state index contributed by atoms with van der Waals surface area (Å²) in [7, 11) is 1.53. The molecule has 2 rings (SSSR count). The van der Waals surface area contributed by atoms with E-state index in [0.717, 1.165) is 16.7 Å². The predicted molar refractivity (Wildman–Crippen MR) is 74.9 cm³/mol. The van der Waals surface area contributed by atoms with E-state index in [-0.39, 0.29) is 35.9 Å². The van der Waals surface area contributed by atoms with Crippen LogP contribution in [-0.4, -0.2) is 47.9 Å². The molecule has 1 heterocycles. The fraction of sp³-hybridized carbons (Fsp3) is 0.308. The smallest absolute Gasteiger partial charge is 0.288 e. The Morgan fingerprint density at radius 3 is 2.90 bits per heavy atom. The van der Waals surface area contributed by atoms with Gasteiger partial charge >= 0.3 is 0 Å².